The molecule has 57 heavy (non-hydrogen) atoms. The van der Waals surface area contributed by atoms with E-state index in [9.17, 15) is 0 Å². The Labute approximate surface area is 342 Å². The van der Waals surface area contributed by atoms with Gasteiger partial charge < -0.3 is 19.6 Å². The van der Waals surface area contributed by atoms with Crippen LogP contribution >= 0.6 is 23.5 Å². The second-order valence-corrected chi connectivity index (χ2v) is 16.9. The van der Waals surface area contributed by atoms with E-state index in [1.165, 1.54) is 81.6 Å². The van der Waals surface area contributed by atoms with Crippen molar-refractivity contribution in [2.45, 2.75) is 33.4 Å². The van der Waals surface area contributed by atoms with Gasteiger partial charge in [-0.25, -0.2) is 0 Å². The molecule has 0 aliphatic carbocycles. The van der Waals surface area contributed by atoms with Crippen LogP contribution < -0.4 is 19.6 Å². The number of benzene rings is 8. The molecule has 0 bridgehead atoms. The zero-order valence-electron chi connectivity index (χ0n) is 31.8. The fourth-order valence-electron chi connectivity index (χ4n) is 8.75. The lowest BCUT2D eigenvalue weighted by Crippen LogP contribution is -2.26. The molecule has 0 N–H and O–H groups in total. The third-order valence-corrected chi connectivity index (χ3v) is 13.6. The maximum absolute atomic E-state index is 2.45. The molecule has 8 aromatic carbocycles. The number of para-hydroxylation sites is 7. The standard InChI is InChI=1S/C51H38N4S2/c1-33-31-36(52(3)44-21-13-25-48-50(44)54(35-15-5-4-6-16-35)42-19-9-11-23-46(42)56-48)27-29-38(33)39-30-28-37(32-34(39)2)53-40-17-7-8-18-41(40)55-43-20-10-12-24-47(43)57-49-26-14-22-45(53)51(49)55/h4-32H,1-3H3. The van der Waals surface area contributed by atoms with Gasteiger partial charge in [-0.2, -0.15) is 0 Å². The lowest BCUT2D eigenvalue weighted by atomic mass is 9.95. The van der Waals surface area contributed by atoms with Crippen molar-refractivity contribution in [2.75, 3.05) is 26.6 Å². The molecule has 0 radical (unpaired) electrons. The van der Waals surface area contributed by atoms with Crippen LogP contribution in [-0.2, 0) is 0 Å². The highest BCUT2D eigenvalue weighted by atomic mass is 32.2. The van der Waals surface area contributed by atoms with Gasteiger partial charge in [0.2, 0.25) is 0 Å². The molecule has 0 saturated carbocycles. The van der Waals surface area contributed by atoms with Crippen molar-refractivity contribution in [1.82, 2.24) is 0 Å². The van der Waals surface area contributed by atoms with E-state index in [2.05, 4.69) is 216 Å². The molecule has 0 fully saturated rings. The fraction of sp³-hybridized carbons (Fsp3) is 0.0588. The van der Waals surface area contributed by atoms with Crippen LogP contribution in [0.15, 0.2) is 196 Å². The molecular weight excluding hydrogens is 733 g/mol. The first kappa shape index (κ1) is 34.0. The smallest absolute Gasteiger partial charge is 0.0844 e. The van der Waals surface area contributed by atoms with E-state index in [0.717, 1.165) is 22.7 Å². The van der Waals surface area contributed by atoms with Crippen LogP contribution in [0, 0.1) is 13.8 Å². The van der Waals surface area contributed by atoms with E-state index in [1.54, 1.807) is 0 Å². The van der Waals surface area contributed by atoms with Gasteiger partial charge in [0.15, 0.2) is 0 Å². The second-order valence-electron chi connectivity index (χ2n) is 14.8. The van der Waals surface area contributed by atoms with Crippen LogP contribution in [0.1, 0.15) is 11.1 Å². The van der Waals surface area contributed by atoms with Gasteiger partial charge >= 0.3 is 0 Å². The molecular formula is C51H38N4S2. The summed E-state index contributed by atoms with van der Waals surface area (Å²) in [5.41, 5.74) is 18.0. The Morgan fingerprint density at radius 3 is 1.60 bits per heavy atom. The summed E-state index contributed by atoms with van der Waals surface area (Å²) < 4.78 is 0. The van der Waals surface area contributed by atoms with Crippen molar-refractivity contribution in [3.05, 3.63) is 187 Å². The summed E-state index contributed by atoms with van der Waals surface area (Å²) in [4.78, 5) is 14.7. The minimum absolute atomic E-state index is 1.15. The third-order valence-electron chi connectivity index (χ3n) is 11.4. The largest absolute Gasteiger partial charge is 0.343 e. The predicted molar refractivity (Wildman–Crippen MR) is 242 cm³/mol. The SMILES string of the molecule is Cc1cc(N(C)c2cccc3c2N(c2ccccc2)c2ccccc2S3)ccc1-c1ccc(N2c3ccccc3N3c4ccccc4Sc4cccc2c43)cc1C. The molecule has 3 aliphatic rings. The van der Waals surface area contributed by atoms with Gasteiger partial charge in [0, 0.05) is 43.7 Å². The van der Waals surface area contributed by atoms with Gasteiger partial charge in [0.25, 0.3) is 0 Å². The number of hydrogen-bond donors (Lipinski definition) is 0. The normalized spacial score (nSPS) is 13.3. The summed E-state index contributed by atoms with van der Waals surface area (Å²) in [6, 6.07) is 64.2. The maximum atomic E-state index is 2.45. The molecule has 0 saturated heterocycles. The Morgan fingerprint density at radius 1 is 0.386 bits per heavy atom. The highest BCUT2D eigenvalue weighted by Crippen LogP contribution is 2.62. The molecule has 0 unspecified atom stereocenters. The molecule has 3 heterocycles. The van der Waals surface area contributed by atoms with Gasteiger partial charge in [-0.3, -0.25) is 0 Å². The van der Waals surface area contributed by atoms with E-state index in [-0.39, 0.29) is 0 Å². The molecule has 0 amide bonds. The highest BCUT2D eigenvalue weighted by molar-refractivity contribution is 8.00. The number of fused-ring (bicyclic) bond motifs is 6. The van der Waals surface area contributed by atoms with Crippen LogP contribution in [0.4, 0.5) is 62.6 Å². The van der Waals surface area contributed by atoms with E-state index in [1.807, 2.05) is 23.5 Å². The summed E-state index contributed by atoms with van der Waals surface area (Å²) >= 11 is 3.70. The Balaban J connectivity index is 0.951. The summed E-state index contributed by atoms with van der Waals surface area (Å²) in [5, 5.41) is 0. The van der Waals surface area contributed by atoms with Gasteiger partial charge in [-0.15, -0.1) is 0 Å². The first-order valence-corrected chi connectivity index (χ1v) is 21.0. The number of hydrogen-bond acceptors (Lipinski definition) is 6. The predicted octanol–water partition coefficient (Wildman–Crippen LogP) is 15.4. The number of rotatable bonds is 5. The minimum Gasteiger partial charge on any atom is -0.343 e. The molecule has 8 aromatic rings. The van der Waals surface area contributed by atoms with Crippen LogP contribution in [-0.4, -0.2) is 7.05 Å². The van der Waals surface area contributed by atoms with Crippen LogP contribution in [0.3, 0.4) is 0 Å². The average Bonchev–Trinajstić information content (AvgIpc) is 3.25. The highest BCUT2D eigenvalue weighted by Gasteiger charge is 2.36. The summed E-state index contributed by atoms with van der Waals surface area (Å²) in [6.45, 7) is 4.49. The van der Waals surface area contributed by atoms with Gasteiger partial charge in [-0.1, -0.05) is 102 Å². The van der Waals surface area contributed by atoms with Gasteiger partial charge in [-0.05, 0) is 133 Å². The quantitative estimate of drug-likeness (QED) is 0.172. The minimum atomic E-state index is 1.15. The zero-order chi connectivity index (χ0) is 38.2. The van der Waals surface area contributed by atoms with Gasteiger partial charge in [0.1, 0.15) is 0 Å². The number of nitrogens with zero attached hydrogens (tertiary/aromatic N) is 4. The fourth-order valence-corrected chi connectivity index (χ4v) is 10.9. The molecule has 0 aromatic heterocycles. The zero-order valence-corrected chi connectivity index (χ0v) is 33.5. The first-order valence-electron chi connectivity index (χ1n) is 19.3. The third kappa shape index (κ3) is 5.39. The van der Waals surface area contributed by atoms with E-state index in [0.29, 0.717) is 0 Å². The van der Waals surface area contributed by atoms with Crippen molar-refractivity contribution in [3.63, 3.8) is 0 Å². The maximum Gasteiger partial charge on any atom is 0.0844 e. The van der Waals surface area contributed by atoms with Crippen LogP contribution in [0.2, 0.25) is 0 Å². The van der Waals surface area contributed by atoms with E-state index < -0.39 is 0 Å². The van der Waals surface area contributed by atoms with E-state index >= 15 is 0 Å². The van der Waals surface area contributed by atoms with Crippen molar-refractivity contribution in [2.24, 2.45) is 0 Å². The Morgan fingerprint density at radius 2 is 0.912 bits per heavy atom. The summed E-state index contributed by atoms with van der Waals surface area (Å²) in [7, 11) is 2.19. The average molecular weight is 771 g/mol. The van der Waals surface area contributed by atoms with E-state index in [4.69, 9.17) is 0 Å². The second kappa shape index (κ2) is 13.4. The van der Waals surface area contributed by atoms with Crippen molar-refractivity contribution < 1.29 is 0 Å². The van der Waals surface area contributed by atoms with Crippen molar-refractivity contribution in [3.8, 4) is 11.1 Å². The molecule has 11 rings (SSSR count). The lowest BCUT2D eigenvalue weighted by molar-refractivity contribution is 1.10. The van der Waals surface area contributed by atoms with Gasteiger partial charge in [0.05, 0.1) is 45.5 Å². The molecule has 3 aliphatic heterocycles. The lowest BCUT2D eigenvalue weighted by Gasteiger charge is -2.43. The Kier molecular flexibility index (Phi) is 7.98. The Hall–Kier alpha value is -6.34. The summed E-state index contributed by atoms with van der Waals surface area (Å²) in [6.07, 6.45) is 0. The van der Waals surface area contributed by atoms with Crippen LogP contribution in [0.5, 0.6) is 0 Å². The number of aryl methyl sites for hydroxylation is 2. The monoisotopic (exact) mass is 770 g/mol. The Bertz CT molecular complexity index is 2890. The molecule has 0 atom stereocenters. The molecule has 0 spiro atoms. The molecule has 4 nitrogen and oxygen atoms in total. The van der Waals surface area contributed by atoms with Crippen LogP contribution in [0.25, 0.3) is 11.1 Å². The first-order chi connectivity index (χ1) is 28.0. The summed E-state index contributed by atoms with van der Waals surface area (Å²) in [5.74, 6) is 0. The molecule has 6 heteroatoms. The van der Waals surface area contributed by atoms with Crippen molar-refractivity contribution >= 4 is 86.1 Å². The number of anilines is 11. The molecule has 274 valence electrons. The van der Waals surface area contributed by atoms with Crippen molar-refractivity contribution in [1.29, 1.82) is 0 Å². The topological polar surface area (TPSA) is 13.0 Å².